The number of hydrogen-bond donors (Lipinski definition) is 2. The van der Waals surface area contributed by atoms with Crippen LogP contribution in [0.25, 0.3) is 11.0 Å². The van der Waals surface area contributed by atoms with Crippen molar-refractivity contribution in [2.24, 2.45) is 5.73 Å². The first kappa shape index (κ1) is 17.8. The Hall–Kier alpha value is -2.61. The molecular formula is C19H24N4O4. The van der Waals surface area contributed by atoms with E-state index in [4.69, 9.17) is 10.5 Å². The van der Waals surface area contributed by atoms with Crippen LogP contribution >= 0.6 is 0 Å². The van der Waals surface area contributed by atoms with E-state index in [1.807, 2.05) is 6.07 Å². The van der Waals surface area contributed by atoms with Crippen molar-refractivity contribution in [1.82, 2.24) is 14.5 Å². The minimum absolute atomic E-state index is 0.142. The summed E-state index contributed by atoms with van der Waals surface area (Å²) in [6.07, 6.45) is 3.81. The maximum absolute atomic E-state index is 13.0. The number of ether oxygens (including phenoxy) is 1. The largest absolute Gasteiger partial charge is 0.374 e. The van der Waals surface area contributed by atoms with Gasteiger partial charge in [-0.15, -0.1) is 0 Å². The standard InChI is InChI=1S/C19H24N4O4/c1-11-16(17(20)24)22(8-9-27-11)18(25)12-6-7-15-14(10-12)21-19(26)23(15)13-4-2-3-5-13/h6-7,10-11,13,16H,2-5,8-9H2,1H3,(H2,20,24)(H,21,26)/t11-,16+/m1/s1. The predicted octanol–water partition coefficient (Wildman–Crippen LogP) is 1.16. The van der Waals surface area contributed by atoms with E-state index in [-0.39, 0.29) is 17.6 Å². The molecule has 0 spiro atoms. The summed E-state index contributed by atoms with van der Waals surface area (Å²) < 4.78 is 7.27. The molecule has 144 valence electrons. The van der Waals surface area contributed by atoms with E-state index in [9.17, 15) is 14.4 Å². The Morgan fingerprint density at radius 1 is 1.26 bits per heavy atom. The second-order valence-electron chi connectivity index (χ2n) is 7.39. The minimum atomic E-state index is -0.802. The molecule has 2 fully saturated rings. The quantitative estimate of drug-likeness (QED) is 0.842. The van der Waals surface area contributed by atoms with Gasteiger partial charge < -0.3 is 20.4 Å². The fraction of sp³-hybridized carbons (Fsp3) is 0.526. The first-order valence-corrected chi connectivity index (χ1v) is 9.43. The number of nitrogens with zero attached hydrogens (tertiary/aromatic N) is 2. The van der Waals surface area contributed by atoms with Crippen molar-refractivity contribution in [1.29, 1.82) is 0 Å². The zero-order chi connectivity index (χ0) is 19.1. The van der Waals surface area contributed by atoms with Gasteiger partial charge in [0.25, 0.3) is 5.91 Å². The van der Waals surface area contributed by atoms with E-state index in [1.165, 1.54) is 4.90 Å². The number of nitrogens with two attached hydrogens (primary N) is 1. The fourth-order valence-corrected chi connectivity index (χ4v) is 4.39. The van der Waals surface area contributed by atoms with E-state index in [0.717, 1.165) is 31.2 Å². The maximum atomic E-state index is 13.0. The van der Waals surface area contributed by atoms with Crippen LogP contribution in [0.4, 0.5) is 0 Å². The van der Waals surface area contributed by atoms with Gasteiger partial charge in [-0.05, 0) is 38.0 Å². The lowest BCUT2D eigenvalue weighted by Gasteiger charge is -2.37. The average molecular weight is 372 g/mol. The number of nitrogens with one attached hydrogen (secondary N) is 1. The number of aromatic amines is 1. The number of aromatic nitrogens is 2. The number of hydrogen-bond acceptors (Lipinski definition) is 4. The zero-order valence-corrected chi connectivity index (χ0v) is 15.3. The smallest absolute Gasteiger partial charge is 0.326 e. The number of morpholine rings is 1. The highest BCUT2D eigenvalue weighted by Crippen LogP contribution is 2.31. The van der Waals surface area contributed by atoms with Crippen molar-refractivity contribution in [2.75, 3.05) is 13.2 Å². The minimum Gasteiger partial charge on any atom is -0.374 e. The van der Waals surface area contributed by atoms with Crippen molar-refractivity contribution in [3.05, 3.63) is 34.2 Å². The molecule has 1 saturated heterocycles. The number of amides is 2. The summed E-state index contributed by atoms with van der Waals surface area (Å²) in [5, 5.41) is 0. The van der Waals surface area contributed by atoms with E-state index < -0.39 is 18.1 Å². The van der Waals surface area contributed by atoms with Gasteiger partial charge >= 0.3 is 5.69 Å². The van der Waals surface area contributed by atoms with Gasteiger partial charge in [0.15, 0.2) is 0 Å². The van der Waals surface area contributed by atoms with Crippen molar-refractivity contribution in [3.63, 3.8) is 0 Å². The van der Waals surface area contributed by atoms with E-state index in [0.29, 0.717) is 24.2 Å². The van der Waals surface area contributed by atoms with Gasteiger partial charge in [-0.2, -0.15) is 0 Å². The van der Waals surface area contributed by atoms with Gasteiger partial charge in [0.2, 0.25) is 5.91 Å². The van der Waals surface area contributed by atoms with Crippen molar-refractivity contribution in [2.45, 2.75) is 50.8 Å². The number of benzene rings is 1. The molecule has 1 aliphatic heterocycles. The molecule has 1 saturated carbocycles. The molecule has 2 aromatic rings. The van der Waals surface area contributed by atoms with E-state index in [1.54, 1.807) is 23.6 Å². The van der Waals surface area contributed by atoms with Gasteiger partial charge in [0, 0.05) is 18.2 Å². The summed E-state index contributed by atoms with van der Waals surface area (Å²) in [6.45, 7) is 2.39. The van der Waals surface area contributed by atoms with Gasteiger partial charge in [0.1, 0.15) is 6.04 Å². The average Bonchev–Trinajstić information content (AvgIpc) is 3.26. The molecule has 2 aliphatic rings. The summed E-state index contributed by atoms with van der Waals surface area (Å²) in [5.74, 6) is -0.872. The van der Waals surface area contributed by atoms with E-state index in [2.05, 4.69) is 4.98 Å². The number of carbonyl (C=O) groups is 2. The van der Waals surface area contributed by atoms with Crippen LogP contribution < -0.4 is 11.4 Å². The summed E-state index contributed by atoms with van der Waals surface area (Å²) >= 11 is 0. The number of primary amides is 1. The molecule has 27 heavy (non-hydrogen) atoms. The van der Waals surface area contributed by atoms with Crippen molar-refractivity contribution < 1.29 is 14.3 Å². The summed E-state index contributed by atoms with van der Waals surface area (Å²) in [7, 11) is 0. The Balaban J connectivity index is 1.68. The van der Waals surface area contributed by atoms with Crippen LogP contribution in [-0.2, 0) is 9.53 Å². The number of imidazole rings is 1. The number of rotatable bonds is 3. The Morgan fingerprint density at radius 3 is 2.70 bits per heavy atom. The van der Waals surface area contributed by atoms with Crippen LogP contribution in [0.2, 0.25) is 0 Å². The molecule has 8 heteroatoms. The normalized spacial score (nSPS) is 23.8. The molecule has 8 nitrogen and oxygen atoms in total. The first-order chi connectivity index (χ1) is 13.0. The highest BCUT2D eigenvalue weighted by Gasteiger charge is 2.37. The topological polar surface area (TPSA) is 110 Å². The monoisotopic (exact) mass is 372 g/mol. The Labute approximate surface area is 156 Å². The van der Waals surface area contributed by atoms with Crippen LogP contribution in [-0.4, -0.2) is 51.6 Å². The molecule has 0 bridgehead atoms. The Bertz CT molecular complexity index is 941. The second kappa shape index (κ2) is 6.84. The molecule has 2 amide bonds. The number of carbonyl (C=O) groups excluding carboxylic acids is 2. The second-order valence-corrected chi connectivity index (χ2v) is 7.39. The lowest BCUT2D eigenvalue weighted by atomic mass is 10.1. The predicted molar refractivity (Wildman–Crippen MR) is 99.5 cm³/mol. The fourth-order valence-electron chi connectivity index (χ4n) is 4.39. The van der Waals surface area contributed by atoms with Gasteiger partial charge in [-0.3, -0.25) is 14.2 Å². The van der Waals surface area contributed by atoms with Crippen LogP contribution in [0.3, 0.4) is 0 Å². The van der Waals surface area contributed by atoms with Gasteiger partial charge in [-0.1, -0.05) is 12.8 Å². The third-order valence-corrected chi connectivity index (χ3v) is 5.70. The SMILES string of the molecule is C[C@H]1OCCN(C(=O)c2ccc3c(c2)[nH]c(=O)n3C2CCCC2)[C@@H]1C(N)=O. The van der Waals surface area contributed by atoms with Crippen molar-refractivity contribution >= 4 is 22.8 Å². The molecule has 1 aromatic heterocycles. The summed E-state index contributed by atoms with van der Waals surface area (Å²) in [4.78, 5) is 41.6. The third kappa shape index (κ3) is 3.03. The summed E-state index contributed by atoms with van der Waals surface area (Å²) in [5.41, 5.74) is 7.21. The lowest BCUT2D eigenvalue weighted by Crippen LogP contribution is -2.58. The van der Waals surface area contributed by atoms with Gasteiger partial charge in [-0.25, -0.2) is 4.79 Å². The molecule has 0 radical (unpaired) electrons. The molecule has 1 aliphatic carbocycles. The van der Waals surface area contributed by atoms with Crippen molar-refractivity contribution in [3.8, 4) is 0 Å². The van der Waals surface area contributed by atoms with E-state index >= 15 is 0 Å². The van der Waals surface area contributed by atoms with Gasteiger partial charge in [0.05, 0.1) is 23.7 Å². The maximum Gasteiger partial charge on any atom is 0.326 e. The first-order valence-electron chi connectivity index (χ1n) is 9.43. The number of fused-ring (bicyclic) bond motifs is 1. The molecule has 0 unspecified atom stereocenters. The highest BCUT2D eigenvalue weighted by atomic mass is 16.5. The lowest BCUT2D eigenvalue weighted by molar-refractivity contribution is -0.132. The molecular weight excluding hydrogens is 348 g/mol. The van der Waals surface area contributed by atoms with Crippen LogP contribution in [0.1, 0.15) is 49.0 Å². The Morgan fingerprint density at radius 2 is 2.00 bits per heavy atom. The molecule has 2 heterocycles. The zero-order valence-electron chi connectivity index (χ0n) is 15.3. The highest BCUT2D eigenvalue weighted by molar-refractivity contribution is 6.00. The molecule has 2 atom stereocenters. The summed E-state index contributed by atoms with van der Waals surface area (Å²) in [6, 6.07) is 4.61. The van der Waals surface area contributed by atoms with Crippen LogP contribution in [0, 0.1) is 0 Å². The molecule has 4 rings (SSSR count). The molecule has 1 aromatic carbocycles. The van der Waals surface area contributed by atoms with Crippen LogP contribution in [0.5, 0.6) is 0 Å². The Kier molecular flexibility index (Phi) is 4.51. The number of H-pyrrole nitrogens is 1. The third-order valence-electron chi connectivity index (χ3n) is 5.70. The molecule has 3 N–H and O–H groups in total. The van der Waals surface area contributed by atoms with Crippen LogP contribution in [0.15, 0.2) is 23.0 Å².